The first-order valence-corrected chi connectivity index (χ1v) is 10.8. The third-order valence-electron chi connectivity index (χ3n) is 5.93. The van der Waals surface area contributed by atoms with Crippen LogP contribution >= 0.6 is 0 Å². The molecule has 150 valence electrons. The summed E-state index contributed by atoms with van der Waals surface area (Å²) >= 11 is 0. The van der Waals surface area contributed by atoms with Gasteiger partial charge in [-0.15, -0.1) is 6.42 Å². The average Bonchev–Trinajstić information content (AvgIpc) is 2.96. The molecule has 26 heavy (non-hydrogen) atoms. The first-order valence-electron chi connectivity index (χ1n) is 10.8. The molecule has 0 aromatic carbocycles. The number of carbonyl (C=O) groups is 1. The molecule has 0 amide bonds. The lowest BCUT2D eigenvalue weighted by Crippen LogP contribution is -2.27. The molecule has 0 radical (unpaired) electrons. The highest BCUT2D eigenvalue weighted by Gasteiger charge is 2.35. The molecule has 1 rings (SSSR count). The number of terminal acetylenes is 1. The Bertz CT molecular complexity index is 439. The van der Waals surface area contributed by atoms with Crippen molar-refractivity contribution in [3.05, 3.63) is 0 Å². The zero-order chi connectivity index (χ0) is 19.4. The van der Waals surface area contributed by atoms with Crippen LogP contribution in [-0.4, -0.2) is 22.8 Å². The van der Waals surface area contributed by atoms with Crippen molar-refractivity contribution in [1.29, 1.82) is 0 Å². The van der Waals surface area contributed by atoms with Gasteiger partial charge in [0.05, 0.1) is 0 Å². The Morgan fingerprint density at radius 2 is 1.81 bits per heavy atom. The molecule has 1 N–H and O–H groups in total. The van der Waals surface area contributed by atoms with Gasteiger partial charge in [-0.05, 0) is 56.8 Å². The first kappa shape index (κ1) is 23.0. The molecule has 1 aliphatic carbocycles. The summed E-state index contributed by atoms with van der Waals surface area (Å²) in [5, 5.41) is 10.6. The molecule has 0 heterocycles. The highest BCUT2D eigenvalue weighted by atomic mass is 16.5. The number of hydrogen-bond donors (Lipinski definition) is 1. The van der Waals surface area contributed by atoms with Gasteiger partial charge >= 0.3 is 5.97 Å². The fourth-order valence-electron chi connectivity index (χ4n) is 4.07. The third-order valence-corrected chi connectivity index (χ3v) is 5.93. The fraction of sp³-hybridized carbons (Fsp3) is 0.870. The largest absolute Gasteiger partial charge is 0.462 e. The van der Waals surface area contributed by atoms with Gasteiger partial charge in [0.1, 0.15) is 11.7 Å². The zero-order valence-electron chi connectivity index (χ0n) is 17.3. The number of aliphatic hydroxyl groups is 1. The van der Waals surface area contributed by atoms with E-state index in [1.807, 2.05) is 0 Å². The summed E-state index contributed by atoms with van der Waals surface area (Å²) < 4.78 is 5.69. The summed E-state index contributed by atoms with van der Waals surface area (Å²) in [5.74, 6) is 3.58. The molecule has 4 atom stereocenters. The van der Waals surface area contributed by atoms with E-state index in [4.69, 9.17) is 11.2 Å². The van der Waals surface area contributed by atoms with Crippen LogP contribution in [0.2, 0.25) is 0 Å². The van der Waals surface area contributed by atoms with E-state index >= 15 is 0 Å². The molecule has 0 spiro atoms. The number of hydrogen-bond acceptors (Lipinski definition) is 3. The molecule has 0 aromatic heterocycles. The van der Waals surface area contributed by atoms with E-state index in [0.717, 1.165) is 51.4 Å². The minimum Gasteiger partial charge on any atom is -0.462 e. The number of carbonyl (C=O) groups excluding carboxylic acids is 1. The molecule has 0 aromatic rings. The van der Waals surface area contributed by atoms with Crippen molar-refractivity contribution in [3.8, 4) is 12.3 Å². The van der Waals surface area contributed by atoms with Crippen molar-refractivity contribution in [1.82, 2.24) is 0 Å². The van der Waals surface area contributed by atoms with Crippen LogP contribution < -0.4 is 0 Å². The lowest BCUT2D eigenvalue weighted by molar-refractivity contribution is -0.149. The summed E-state index contributed by atoms with van der Waals surface area (Å²) in [6.07, 6.45) is 17.9. The standard InChI is InChI=1S/C23H40O3/c1-5-8-10-11-13-22(24)26-21-17-19(4)20(18-21)14-16-23(25,7-3)15-12-9-6-2/h3,19-21,25H,5-6,8-18H2,1-2,4H3/t19?,20?,21?,23-/m0/s1. The van der Waals surface area contributed by atoms with Gasteiger partial charge in [-0.3, -0.25) is 4.79 Å². The van der Waals surface area contributed by atoms with Gasteiger partial charge in [0.2, 0.25) is 0 Å². The van der Waals surface area contributed by atoms with Gasteiger partial charge in [0.15, 0.2) is 0 Å². The van der Waals surface area contributed by atoms with E-state index in [1.54, 1.807) is 0 Å². The normalized spacial score (nSPS) is 24.8. The summed E-state index contributed by atoms with van der Waals surface area (Å²) in [6.45, 7) is 6.55. The molecule has 1 aliphatic rings. The van der Waals surface area contributed by atoms with Crippen LogP contribution in [0, 0.1) is 24.2 Å². The smallest absolute Gasteiger partial charge is 0.306 e. The molecule has 0 bridgehead atoms. The van der Waals surface area contributed by atoms with Crippen molar-refractivity contribution in [3.63, 3.8) is 0 Å². The lowest BCUT2D eigenvalue weighted by Gasteiger charge is -2.25. The van der Waals surface area contributed by atoms with E-state index in [0.29, 0.717) is 31.1 Å². The van der Waals surface area contributed by atoms with Crippen molar-refractivity contribution >= 4 is 5.97 Å². The Kier molecular flexibility index (Phi) is 11.0. The summed E-state index contributed by atoms with van der Waals surface area (Å²) in [5.41, 5.74) is -0.969. The van der Waals surface area contributed by atoms with E-state index < -0.39 is 5.60 Å². The molecule has 3 heteroatoms. The van der Waals surface area contributed by atoms with E-state index in [2.05, 4.69) is 26.7 Å². The maximum absolute atomic E-state index is 12.0. The maximum Gasteiger partial charge on any atom is 0.306 e. The molecular formula is C23H40O3. The topological polar surface area (TPSA) is 46.5 Å². The fourth-order valence-corrected chi connectivity index (χ4v) is 4.07. The highest BCUT2D eigenvalue weighted by Crippen LogP contribution is 2.38. The number of ether oxygens (including phenoxy) is 1. The third kappa shape index (κ3) is 8.58. The van der Waals surface area contributed by atoms with Gasteiger partial charge in [-0.1, -0.05) is 58.8 Å². The molecule has 1 fully saturated rings. The van der Waals surface area contributed by atoms with Crippen LogP contribution in [0.15, 0.2) is 0 Å². The average molecular weight is 365 g/mol. The number of unbranched alkanes of at least 4 members (excludes halogenated alkanes) is 5. The molecule has 3 nitrogen and oxygen atoms in total. The van der Waals surface area contributed by atoms with Gasteiger partial charge in [0.25, 0.3) is 0 Å². The van der Waals surface area contributed by atoms with Crippen LogP contribution in [0.3, 0.4) is 0 Å². The number of rotatable bonds is 13. The van der Waals surface area contributed by atoms with Gasteiger partial charge < -0.3 is 9.84 Å². The van der Waals surface area contributed by atoms with E-state index in [-0.39, 0.29) is 12.1 Å². The zero-order valence-corrected chi connectivity index (χ0v) is 17.3. The van der Waals surface area contributed by atoms with E-state index in [1.165, 1.54) is 12.8 Å². The monoisotopic (exact) mass is 364 g/mol. The maximum atomic E-state index is 12.0. The SMILES string of the molecule is C#C[C@](O)(CCCCC)CCC1CC(OC(=O)CCCCCC)CC1C. The second kappa shape index (κ2) is 12.4. The second-order valence-electron chi connectivity index (χ2n) is 8.30. The van der Waals surface area contributed by atoms with Gasteiger partial charge in [-0.2, -0.15) is 0 Å². The summed E-state index contributed by atoms with van der Waals surface area (Å²) in [6, 6.07) is 0. The predicted octanol–water partition coefficient (Wildman–Crippen LogP) is 5.64. The molecule has 1 saturated carbocycles. The van der Waals surface area contributed by atoms with Crippen molar-refractivity contribution in [2.75, 3.05) is 0 Å². The van der Waals surface area contributed by atoms with Crippen molar-refractivity contribution < 1.29 is 14.6 Å². The second-order valence-corrected chi connectivity index (χ2v) is 8.30. The van der Waals surface area contributed by atoms with Crippen molar-refractivity contribution in [2.45, 2.75) is 116 Å². The van der Waals surface area contributed by atoms with Gasteiger partial charge in [0, 0.05) is 6.42 Å². The minimum absolute atomic E-state index is 0.0429. The molecular weight excluding hydrogens is 324 g/mol. The molecule has 0 saturated heterocycles. The molecule has 3 unspecified atom stereocenters. The minimum atomic E-state index is -0.969. The van der Waals surface area contributed by atoms with Crippen LogP contribution in [0.1, 0.15) is 104 Å². The molecule has 0 aliphatic heterocycles. The Morgan fingerprint density at radius 3 is 2.46 bits per heavy atom. The highest BCUT2D eigenvalue weighted by molar-refractivity contribution is 5.69. The Balaban J connectivity index is 2.34. The lowest BCUT2D eigenvalue weighted by atomic mass is 9.85. The Labute approximate surface area is 161 Å². The Morgan fingerprint density at radius 1 is 1.12 bits per heavy atom. The van der Waals surface area contributed by atoms with Crippen molar-refractivity contribution in [2.24, 2.45) is 11.8 Å². The van der Waals surface area contributed by atoms with Crippen LogP contribution in [0.25, 0.3) is 0 Å². The quantitative estimate of drug-likeness (QED) is 0.261. The number of esters is 1. The van der Waals surface area contributed by atoms with Crippen LogP contribution in [-0.2, 0) is 9.53 Å². The van der Waals surface area contributed by atoms with Crippen LogP contribution in [0.5, 0.6) is 0 Å². The predicted molar refractivity (Wildman–Crippen MR) is 108 cm³/mol. The first-order chi connectivity index (χ1) is 12.4. The van der Waals surface area contributed by atoms with Gasteiger partial charge in [-0.25, -0.2) is 0 Å². The van der Waals surface area contributed by atoms with E-state index in [9.17, 15) is 9.90 Å². The summed E-state index contributed by atoms with van der Waals surface area (Å²) in [7, 11) is 0. The summed E-state index contributed by atoms with van der Waals surface area (Å²) in [4.78, 5) is 12.0. The Hall–Kier alpha value is -1.01. The van der Waals surface area contributed by atoms with Crippen LogP contribution in [0.4, 0.5) is 0 Å².